The fraction of sp³-hybridized carbons (Fsp3) is 0.824. The number of rotatable bonds is 12. The van der Waals surface area contributed by atoms with Gasteiger partial charge in [-0.3, -0.25) is 0 Å². The number of esters is 1. The molecular weight excluding hydrogens is 371 g/mol. The molecule has 0 unspecified atom stereocenters. The molecule has 0 aromatic carbocycles. The number of carbonyl (C=O) groups is 1. The van der Waals surface area contributed by atoms with E-state index in [4.69, 9.17) is 9.47 Å². The summed E-state index contributed by atoms with van der Waals surface area (Å²) in [5.74, 6) is -0.143. The third-order valence-corrected chi connectivity index (χ3v) is 19.6. The van der Waals surface area contributed by atoms with Gasteiger partial charge in [0.2, 0.25) is 0 Å². The number of ether oxygens (including phenoxy) is 2. The molecule has 0 N–H and O–H groups in total. The summed E-state index contributed by atoms with van der Waals surface area (Å²) >= 11 is -2.72. The van der Waals surface area contributed by atoms with Gasteiger partial charge in [0.05, 0.1) is 0 Å². The van der Waals surface area contributed by atoms with Crippen LogP contribution in [0, 0.1) is 0 Å². The van der Waals surface area contributed by atoms with Crippen molar-refractivity contribution in [3.63, 3.8) is 0 Å². The van der Waals surface area contributed by atoms with Crippen molar-refractivity contribution in [3.05, 3.63) is 9.85 Å². The summed E-state index contributed by atoms with van der Waals surface area (Å²) in [6, 6.07) is 0. The normalized spacial score (nSPS) is 12.3. The van der Waals surface area contributed by atoms with Gasteiger partial charge >= 0.3 is 135 Å². The summed E-state index contributed by atoms with van der Waals surface area (Å²) in [7, 11) is 3.13. The molecule has 0 spiro atoms. The second-order valence-corrected chi connectivity index (χ2v) is 19.0. The van der Waals surface area contributed by atoms with E-state index in [9.17, 15) is 4.79 Å². The molecule has 0 aliphatic carbocycles. The maximum absolute atomic E-state index is 12.3. The first-order chi connectivity index (χ1) is 10.1. The molecule has 21 heavy (non-hydrogen) atoms. The van der Waals surface area contributed by atoms with E-state index in [1.807, 2.05) is 0 Å². The van der Waals surface area contributed by atoms with Crippen LogP contribution in [-0.2, 0) is 14.3 Å². The molecule has 0 bridgehead atoms. The van der Waals surface area contributed by atoms with E-state index in [0.29, 0.717) is 0 Å². The molecule has 0 aromatic heterocycles. The molecule has 3 nitrogen and oxygen atoms in total. The molecule has 0 aromatic rings. The van der Waals surface area contributed by atoms with Crippen LogP contribution in [0.4, 0.5) is 0 Å². The Morgan fingerprint density at radius 3 is 1.62 bits per heavy atom. The van der Waals surface area contributed by atoms with Crippen LogP contribution in [0.5, 0.6) is 0 Å². The van der Waals surface area contributed by atoms with Crippen LogP contribution in [0.15, 0.2) is 9.85 Å². The Kier molecular flexibility index (Phi) is 12.2. The number of carbonyl (C=O) groups excluding carboxylic acids is 1. The van der Waals surface area contributed by atoms with E-state index in [0.717, 1.165) is 3.59 Å². The maximum atomic E-state index is 12.3. The van der Waals surface area contributed by atoms with Crippen LogP contribution < -0.4 is 0 Å². The first kappa shape index (κ1) is 20.8. The summed E-state index contributed by atoms with van der Waals surface area (Å²) in [5, 5.41) is 0. The van der Waals surface area contributed by atoms with Crippen molar-refractivity contribution in [2.45, 2.75) is 72.6 Å². The van der Waals surface area contributed by atoms with Crippen LogP contribution in [0.3, 0.4) is 0 Å². The number of unbranched alkanes of at least 4 members (excludes halogenated alkanes) is 3. The topological polar surface area (TPSA) is 35.5 Å². The van der Waals surface area contributed by atoms with Crippen molar-refractivity contribution in [2.75, 3.05) is 14.2 Å². The summed E-state index contributed by atoms with van der Waals surface area (Å²) in [6.07, 6.45) is 8.96. The summed E-state index contributed by atoms with van der Waals surface area (Å²) in [5.41, 5.74) is 0. The van der Waals surface area contributed by atoms with E-state index in [1.54, 1.807) is 13.4 Å². The molecule has 124 valence electrons. The van der Waals surface area contributed by atoms with E-state index in [1.165, 1.54) is 58.9 Å². The van der Waals surface area contributed by atoms with Gasteiger partial charge < -0.3 is 0 Å². The number of methoxy groups -OCH3 is 2. The average molecular weight is 405 g/mol. The van der Waals surface area contributed by atoms with Gasteiger partial charge in [-0.15, -0.1) is 0 Å². The van der Waals surface area contributed by atoms with Crippen LogP contribution in [0.25, 0.3) is 0 Å². The number of hydrogen-bond donors (Lipinski definition) is 0. The third kappa shape index (κ3) is 7.07. The SMILES string of the molecule is CCC[CH2][Sn]([CH2]CCC)([CH2]CCC)[C](=COC)C(=O)OC. The van der Waals surface area contributed by atoms with Gasteiger partial charge in [0.25, 0.3) is 0 Å². The number of hydrogen-bond acceptors (Lipinski definition) is 3. The second kappa shape index (κ2) is 12.4. The van der Waals surface area contributed by atoms with Crippen molar-refractivity contribution in [3.8, 4) is 0 Å². The van der Waals surface area contributed by atoms with E-state index in [-0.39, 0.29) is 5.97 Å². The van der Waals surface area contributed by atoms with Gasteiger partial charge in [-0.05, 0) is 0 Å². The van der Waals surface area contributed by atoms with E-state index < -0.39 is 18.4 Å². The van der Waals surface area contributed by atoms with Gasteiger partial charge in [0, 0.05) is 0 Å². The molecule has 0 radical (unpaired) electrons. The Bertz CT molecular complexity index is 291. The molecule has 0 fully saturated rings. The van der Waals surface area contributed by atoms with E-state index >= 15 is 0 Å². The minimum atomic E-state index is -2.72. The average Bonchev–Trinajstić information content (AvgIpc) is 2.52. The first-order valence-corrected chi connectivity index (χ1v) is 15.9. The first-order valence-electron chi connectivity index (χ1n) is 8.43. The summed E-state index contributed by atoms with van der Waals surface area (Å²) in [4.78, 5) is 12.3. The standard InChI is InChI=1S/C5H7O3.3C4H9.Sn/c1-7-4-3-5(6)8-2;3*1-3-4-2;/h4H,1-2H3;3*1,3-4H2,2H3;. The molecular formula is C17H34O3Sn. The predicted molar refractivity (Wildman–Crippen MR) is 92.0 cm³/mol. The predicted octanol–water partition coefficient (Wildman–Crippen LogP) is 5.08. The molecule has 0 rings (SSSR count). The molecule has 0 saturated heterocycles. The Hall–Kier alpha value is -0.191. The minimum absolute atomic E-state index is 0.143. The van der Waals surface area contributed by atoms with Gasteiger partial charge in [-0.25, -0.2) is 0 Å². The third-order valence-electron chi connectivity index (χ3n) is 4.24. The molecule has 0 saturated carbocycles. The Balaban J connectivity index is 5.51. The molecule has 0 amide bonds. The second-order valence-electron chi connectivity index (χ2n) is 5.85. The van der Waals surface area contributed by atoms with Crippen molar-refractivity contribution in [2.24, 2.45) is 0 Å². The summed E-state index contributed by atoms with van der Waals surface area (Å²) < 4.78 is 15.0. The molecule has 0 aliphatic rings. The molecule has 0 aliphatic heterocycles. The van der Waals surface area contributed by atoms with Crippen LogP contribution in [0.2, 0.25) is 13.3 Å². The summed E-state index contributed by atoms with van der Waals surface area (Å²) in [6.45, 7) is 6.69. The van der Waals surface area contributed by atoms with Gasteiger partial charge in [-0.1, -0.05) is 0 Å². The van der Waals surface area contributed by atoms with Gasteiger partial charge in [0.15, 0.2) is 0 Å². The van der Waals surface area contributed by atoms with E-state index in [2.05, 4.69) is 20.8 Å². The Morgan fingerprint density at radius 2 is 1.33 bits per heavy atom. The zero-order valence-corrected chi connectivity index (χ0v) is 17.5. The molecule has 4 heteroatoms. The Labute approximate surface area is 135 Å². The fourth-order valence-corrected chi connectivity index (χ4v) is 18.8. The Morgan fingerprint density at radius 1 is 0.905 bits per heavy atom. The molecule has 0 heterocycles. The fourth-order valence-electron chi connectivity index (χ4n) is 2.94. The van der Waals surface area contributed by atoms with Crippen molar-refractivity contribution in [1.82, 2.24) is 0 Å². The monoisotopic (exact) mass is 406 g/mol. The molecule has 0 atom stereocenters. The van der Waals surface area contributed by atoms with Crippen molar-refractivity contribution in [1.29, 1.82) is 0 Å². The van der Waals surface area contributed by atoms with Crippen molar-refractivity contribution >= 4 is 24.3 Å². The zero-order chi connectivity index (χ0) is 16.1. The van der Waals surface area contributed by atoms with Crippen LogP contribution in [-0.4, -0.2) is 38.6 Å². The van der Waals surface area contributed by atoms with Crippen LogP contribution >= 0.6 is 0 Å². The zero-order valence-electron chi connectivity index (χ0n) is 14.7. The van der Waals surface area contributed by atoms with Gasteiger partial charge in [-0.2, -0.15) is 0 Å². The van der Waals surface area contributed by atoms with Crippen LogP contribution in [0.1, 0.15) is 59.3 Å². The van der Waals surface area contributed by atoms with Crippen molar-refractivity contribution < 1.29 is 14.3 Å². The van der Waals surface area contributed by atoms with Gasteiger partial charge in [0.1, 0.15) is 0 Å². The quantitative estimate of drug-likeness (QED) is 0.197.